The lowest BCUT2D eigenvalue weighted by Gasteiger charge is -2.05. The number of carbonyl (C=O) groups is 1. The van der Waals surface area contributed by atoms with Crippen molar-refractivity contribution in [2.24, 2.45) is 0 Å². The molecule has 2 aromatic rings. The third kappa shape index (κ3) is 4.27. The zero-order valence-electron chi connectivity index (χ0n) is 11.5. The number of anilines is 3. The third-order valence-electron chi connectivity index (χ3n) is 2.76. The third-order valence-corrected chi connectivity index (χ3v) is 3.01. The minimum atomic E-state index is -0.507. The fourth-order valence-electron chi connectivity index (χ4n) is 1.62. The van der Waals surface area contributed by atoms with Gasteiger partial charge >= 0.3 is 0 Å². The van der Waals surface area contributed by atoms with Crippen molar-refractivity contribution < 1.29 is 4.79 Å². The van der Waals surface area contributed by atoms with Crippen LogP contribution in [0.1, 0.15) is 0 Å². The highest BCUT2D eigenvalue weighted by Gasteiger charge is 2.09. The van der Waals surface area contributed by atoms with Crippen LogP contribution in [0.2, 0.25) is 5.02 Å². The molecule has 5 nitrogen and oxygen atoms in total. The zero-order valence-corrected chi connectivity index (χ0v) is 12.3. The highest BCUT2D eigenvalue weighted by atomic mass is 35.5. The van der Waals surface area contributed by atoms with Gasteiger partial charge in [-0.25, -0.2) is 0 Å². The summed E-state index contributed by atoms with van der Waals surface area (Å²) >= 11 is 5.77. The molecule has 4 N–H and O–H groups in total. The average Bonchev–Trinajstić information content (AvgIpc) is 2.52. The highest BCUT2D eigenvalue weighted by molar-refractivity contribution is 6.30. The largest absolute Gasteiger partial charge is 0.399 e. The summed E-state index contributed by atoms with van der Waals surface area (Å²) in [6.45, 7) is 0. The van der Waals surface area contributed by atoms with Gasteiger partial charge in [-0.1, -0.05) is 11.6 Å². The van der Waals surface area contributed by atoms with Gasteiger partial charge < -0.3 is 16.4 Å². The normalized spacial score (nSPS) is 10.6. The molecule has 110 valence electrons. The van der Waals surface area contributed by atoms with Gasteiger partial charge in [0.25, 0.3) is 5.91 Å². The summed E-state index contributed by atoms with van der Waals surface area (Å²) in [4.78, 5) is 12.0. The first kappa shape index (κ1) is 15.4. The number of nitrogens with one attached hydrogen (secondary N) is 2. The van der Waals surface area contributed by atoms with Crippen molar-refractivity contribution in [2.75, 3.05) is 16.4 Å². The molecule has 0 fully saturated rings. The van der Waals surface area contributed by atoms with E-state index < -0.39 is 5.91 Å². The van der Waals surface area contributed by atoms with Crippen LogP contribution in [0.4, 0.5) is 17.1 Å². The van der Waals surface area contributed by atoms with E-state index in [1.54, 1.807) is 48.5 Å². The Labute approximate surface area is 133 Å². The fraction of sp³-hybridized carbons (Fsp3) is 0. The maximum absolute atomic E-state index is 12.0. The standard InChI is InChI=1S/C16H13ClN4O/c17-12-1-5-15(6-2-12)21-16(22)11(9-18)10-20-14-7-3-13(19)4-8-14/h1-8,10,20H,19H2,(H,21,22)/b11-10-. The van der Waals surface area contributed by atoms with E-state index in [0.717, 1.165) is 5.69 Å². The molecule has 0 saturated carbocycles. The summed E-state index contributed by atoms with van der Waals surface area (Å²) < 4.78 is 0. The Morgan fingerprint density at radius 1 is 1.09 bits per heavy atom. The monoisotopic (exact) mass is 312 g/mol. The molecule has 0 unspecified atom stereocenters. The molecule has 0 aliphatic heterocycles. The van der Waals surface area contributed by atoms with Crippen LogP contribution in [0.15, 0.2) is 60.3 Å². The van der Waals surface area contributed by atoms with Gasteiger partial charge in [0, 0.05) is 28.3 Å². The van der Waals surface area contributed by atoms with E-state index in [1.165, 1.54) is 6.20 Å². The number of rotatable bonds is 4. The van der Waals surface area contributed by atoms with Crippen molar-refractivity contribution in [1.29, 1.82) is 5.26 Å². The lowest BCUT2D eigenvalue weighted by atomic mass is 10.2. The van der Waals surface area contributed by atoms with Crippen LogP contribution in [0, 0.1) is 11.3 Å². The molecule has 2 aromatic carbocycles. The molecule has 0 aliphatic rings. The van der Waals surface area contributed by atoms with Crippen molar-refractivity contribution in [1.82, 2.24) is 0 Å². The molecule has 0 aliphatic carbocycles. The summed E-state index contributed by atoms with van der Waals surface area (Å²) in [5, 5.41) is 15.1. The maximum atomic E-state index is 12.0. The molecule has 0 bridgehead atoms. The first-order chi connectivity index (χ1) is 10.6. The van der Waals surface area contributed by atoms with Crippen LogP contribution in [0.25, 0.3) is 0 Å². The van der Waals surface area contributed by atoms with Crippen LogP contribution in [-0.4, -0.2) is 5.91 Å². The highest BCUT2D eigenvalue weighted by Crippen LogP contribution is 2.15. The molecule has 2 rings (SSSR count). The van der Waals surface area contributed by atoms with E-state index >= 15 is 0 Å². The van der Waals surface area contributed by atoms with Crippen LogP contribution >= 0.6 is 11.6 Å². The minimum Gasteiger partial charge on any atom is -0.399 e. The number of benzene rings is 2. The van der Waals surface area contributed by atoms with E-state index in [1.807, 2.05) is 6.07 Å². The van der Waals surface area contributed by atoms with Gasteiger partial charge in [0.05, 0.1) is 0 Å². The lowest BCUT2D eigenvalue weighted by molar-refractivity contribution is -0.112. The second-order valence-corrected chi connectivity index (χ2v) is 4.83. The molecule has 0 radical (unpaired) electrons. The topological polar surface area (TPSA) is 90.9 Å². The molecule has 0 saturated heterocycles. The van der Waals surface area contributed by atoms with Gasteiger partial charge in [0.1, 0.15) is 11.6 Å². The molecule has 0 aromatic heterocycles. The van der Waals surface area contributed by atoms with Gasteiger partial charge in [-0.3, -0.25) is 4.79 Å². The number of nitrogens with two attached hydrogens (primary N) is 1. The predicted molar refractivity (Wildman–Crippen MR) is 88.3 cm³/mol. The van der Waals surface area contributed by atoms with Crippen molar-refractivity contribution in [3.8, 4) is 6.07 Å². The van der Waals surface area contributed by atoms with Crippen LogP contribution in [0.5, 0.6) is 0 Å². The first-order valence-corrected chi connectivity index (χ1v) is 6.75. The molecule has 0 heterocycles. The van der Waals surface area contributed by atoms with Crippen molar-refractivity contribution in [2.45, 2.75) is 0 Å². The van der Waals surface area contributed by atoms with Crippen molar-refractivity contribution >= 4 is 34.6 Å². The lowest BCUT2D eigenvalue weighted by Crippen LogP contribution is -2.14. The number of nitrogens with zero attached hydrogens (tertiary/aromatic N) is 1. The maximum Gasteiger partial charge on any atom is 0.267 e. The smallest absolute Gasteiger partial charge is 0.267 e. The van der Waals surface area contributed by atoms with Gasteiger partial charge in [0.2, 0.25) is 0 Å². The molecule has 22 heavy (non-hydrogen) atoms. The Morgan fingerprint density at radius 2 is 1.68 bits per heavy atom. The Bertz CT molecular complexity index is 730. The summed E-state index contributed by atoms with van der Waals surface area (Å²) in [5.41, 5.74) is 7.45. The van der Waals surface area contributed by atoms with E-state index in [9.17, 15) is 4.79 Å². The Morgan fingerprint density at radius 3 is 2.27 bits per heavy atom. The van der Waals surface area contributed by atoms with Gasteiger partial charge in [-0.05, 0) is 48.5 Å². The average molecular weight is 313 g/mol. The van der Waals surface area contributed by atoms with Crippen molar-refractivity contribution in [3.63, 3.8) is 0 Å². The number of nitriles is 1. The van der Waals surface area contributed by atoms with Crippen LogP contribution in [-0.2, 0) is 4.79 Å². The molecule has 1 amide bonds. The number of amides is 1. The number of hydrogen-bond donors (Lipinski definition) is 3. The van der Waals surface area contributed by atoms with Crippen molar-refractivity contribution in [3.05, 3.63) is 65.3 Å². The molecule has 6 heteroatoms. The number of hydrogen-bond acceptors (Lipinski definition) is 4. The van der Waals surface area contributed by atoms with Crippen LogP contribution in [0.3, 0.4) is 0 Å². The fourth-order valence-corrected chi connectivity index (χ4v) is 1.74. The minimum absolute atomic E-state index is 0.0493. The van der Waals surface area contributed by atoms with E-state index in [2.05, 4.69) is 10.6 Å². The Balaban J connectivity index is 2.05. The summed E-state index contributed by atoms with van der Waals surface area (Å²) in [6.07, 6.45) is 1.34. The first-order valence-electron chi connectivity index (χ1n) is 6.38. The second-order valence-electron chi connectivity index (χ2n) is 4.40. The molecular weight excluding hydrogens is 300 g/mol. The summed E-state index contributed by atoms with van der Waals surface area (Å²) in [7, 11) is 0. The number of halogens is 1. The van der Waals surface area contributed by atoms with E-state index in [-0.39, 0.29) is 5.57 Å². The summed E-state index contributed by atoms with van der Waals surface area (Å²) in [6, 6.07) is 15.4. The predicted octanol–water partition coefficient (Wildman–Crippen LogP) is 3.38. The van der Waals surface area contributed by atoms with Crippen LogP contribution < -0.4 is 16.4 Å². The Kier molecular flexibility index (Phi) is 5.02. The number of nitrogen functional groups attached to an aromatic ring is 1. The summed E-state index contributed by atoms with van der Waals surface area (Å²) in [5.74, 6) is -0.507. The quantitative estimate of drug-likeness (QED) is 0.458. The van der Waals surface area contributed by atoms with E-state index in [4.69, 9.17) is 22.6 Å². The SMILES string of the molecule is N#C/C(=C/Nc1ccc(N)cc1)C(=O)Nc1ccc(Cl)cc1. The van der Waals surface area contributed by atoms with E-state index in [0.29, 0.717) is 16.4 Å². The van der Waals surface area contributed by atoms with Gasteiger partial charge in [0.15, 0.2) is 0 Å². The van der Waals surface area contributed by atoms with Gasteiger partial charge in [-0.15, -0.1) is 0 Å². The molecule has 0 spiro atoms. The zero-order chi connectivity index (χ0) is 15.9. The number of carbonyl (C=O) groups excluding carboxylic acids is 1. The molecular formula is C16H13ClN4O. The Hall–Kier alpha value is -2.97. The molecule has 0 atom stereocenters. The van der Waals surface area contributed by atoms with Gasteiger partial charge in [-0.2, -0.15) is 5.26 Å². The second kappa shape index (κ2) is 7.16.